The highest BCUT2D eigenvalue weighted by Gasteiger charge is 2.30. The van der Waals surface area contributed by atoms with E-state index >= 15 is 0 Å². The monoisotopic (exact) mass is 444 g/mol. The number of ether oxygens (including phenoxy) is 2. The molecule has 0 bridgehead atoms. The normalized spacial score (nSPS) is 15.9. The minimum Gasteiger partial charge on any atom is -0.488 e. The van der Waals surface area contributed by atoms with Gasteiger partial charge in [0.25, 0.3) is 5.91 Å². The molecule has 0 saturated carbocycles. The van der Waals surface area contributed by atoms with Crippen molar-refractivity contribution in [1.82, 2.24) is 9.80 Å². The van der Waals surface area contributed by atoms with E-state index in [1.807, 2.05) is 17.5 Å². The maximum absolute atomic E-state index is 12.8. The van der Waals surface area contributed by atoms with Crippen molar-refractivity contribution in [3.63, 3.8) is 0 Å². The molecule has 0 radical (unpaired) electrons. The van der Waals surface area contributed by atoms with Crippen molar-refractivity contribution >= 4 is 29.1 Å². The Morgan fingerprint density at radius 3 is 2.81 bits per heavy atom. The fraction of sp³-hybridized carbons (Fsp3) is 0.435. The third-order valence-corrected chi connectivity index (χ3v) is 6.01. The molecule has 1 aliphatic heterocycles. The van der Waals surface area contributed by atoms with Crippen LogP contribution in [0.3, 0.4) is 0 Å². The average molecular weight is 445 g/mol. The third-order valence-electron chi connectivity index (χ3n) is 5.16. The highest BCUT2D eigenvalue weighted by molar-refractivity contribution is 7.09. The first kappa shape index (κ1) is 22.8. The second-order valence-corrected chi connectivity index (χ2v) is 8.52. The van der Waals surface area contributed by atoms with Gasteiger partial charge >= 0.3 is 5.97 Å². The van der Waals surface area contributed by atoms with E-state index in [1.54, 1.807) is 54.5 Å². The summed E-state index contributed by atoms with van der Waals surface area (Å²) in [7, 11) is 1.60. The largest absolute Gasteiger partial charge is 0.488 e. The number of thiophene rings is 1. The third kappa shape index (κ3) is 6.30. The number of rotatable bonds is 8. The van der Waals surface area contributed by atoms with Crippen molar-refractivity contribution in [2.45, 2.75) is 26.4 Å². The quantitative estimate of drug-likeness (QED) is 0.585. The second kappa shape index (κ2) is 10.9. The molecule has 1 aromatic carbocycles. The van der Waals surface area contributed by atoms with Crippen molar-refractivity contribution < 1.29 is 23.9 Å². The van der Waals surface area contributed by atoms with Gasteiger partial charge in [-0.1, -0.05) is 12.1 Å². The molecule has 31 heavy (non-hydrogen) atoms. The first-order valence-corrected chi connectivity index (χ1v) is 11.3. The Balaban J connectivity index is 1.55. The van der Waals surface area contributed by atoms with E-state index in [0.29, 0.717) is 37.6 Å². The van der Waals surface area contributed by atoms with Crippen LogP contribution in [-0.4, -0.2) is 60.9 Å². The summed E-state index contributed by atoms with van der Waals surface area (Å²) in [4.78, 5) is 41.7. The molecule has 1 saturated heterocycles. The number of amides is 2. The van der Waals surface area contributed by atoms with Gasteiger partial charge in [-0.25, -0.2) is 0 Å². The van der Waals surface area contributed by atoms with Crippen molar-refractivity contribution in [2.24, 2.45) is 5.92 Å². The van der Waals surface area contributed by atoms with Crippen LogP contribution in [-0.2, 0) is 20.9 Å². The van der Waals surface area contributed by atoms with Crippen LogP contribution in [0.4, 0.5) is 0 Å². The van der Waals surface area contributed by atoms with Gasteiger partial charge in [-0.3, -0.25) is 14.4 Å². The number of hydrogen-bond acceptors (Lipinski definition) is 6. The summed E-state index contributed by atoms with van der Waals surface area (Å²) >= 11 is 1.61. The van der Waals surface area contributed by atoms with E-state index in [-0.39, 0.29) is 30.2 Å². The predicted octanol–water partition coefficient (Wildman–Crippen LogP) is 3.20. The Bertz CT molecular complexity index is 899. The lowest BCUT2D eigenvalue weighted by Crippen LogP contribution is -2.47. The SMILES string of the molecule is CCOC(=O)C1CCCN(C(=O)CN(C)C(=O)c2cccc(OCc3cccs3)c2)C1. The number of esters is 1. The maximum atomic E-state index is 12.8. The summed E-state index contributed by atoms with van der Waals surface area (Å²) in [6.45, 7) is 3.42. The van der Waals surface area contributed by atoms with E-state index in [9.17, 15) is 14.4 Å². The van der Waals surface area contributed by atoms with E-state index in [1.165, 1.54) is 4.90 Å². The molecule has 3 rings (SSSR count). The van der Waals surface area contributed by atoms with Crippen LogP contribution in [0.2, 0.25) is 0 Å². The van der Waals surface area contributed by atoms with Crippen molar-refractivity contribution in [2.75, 3.05) is 33.3 Å². The van der Waals surface area contributed by atoms with Gasteiger partial charge in [0.2, 0.25) is 5.91 Å². The molecule has 2 amide bonds. The van der Waals surface area contributed by atoms with Gasteiger partial charge in [0, 0.05) is 30.6 Å². The summed E-state index contributed by atoms with van der Waals surface area (Å²) in [6.07, 6.45) is 1.46. The highest BCUT2D eigenvalue weighted by atomic mass is 32.1. The molecular formula is C23H28N2O5S. The van der Waals surface area contributed by atoms with E-state index in [2.05, 4.69) is 0 Å². The minimum atomic E-state index is -0.296. The van der Waals surface area contributed by atoms with E-state index in [4.69, 9.17) is 9.47 Å². The van der Waals surface area contributed by atoms with E-state index in [0.717, 1.165) is 17.7 Å². The molecule has 0 N–H and O–H groups in total. The molecule has 1 aliphatic rings. The van der Waals surface area contributed by atoms with Crippen LogP contribution in [0.1, 0.15) is 35.0 Å². The maximum Gasteiger partial charge on any atom is 0.310 e. The molecule has 2 aromatic rings. The fourth-order valence-corrected chi connectivity index (χ4v) is 4.14. The number of hydrogen-bond donors (Lipinski definition) is 0. The number of benzene rings is 1. The summed E-state index contributed by atoms with van der Waals surface area (Å²) in [5, 5.41) is 1.99. The molecule has 2 heterocycles. The number of piperidine rings is 1. The fourth-order valence-electron chi connectivity index (χ4n) is 3.52. The van der Waals surface area contributed by atoms with Gasteiger partial charge in [0.05, 0.1) is 19.1 Å². The zero-order valence-corrected chi connectivity index (χ0v) is 18.7. The summed E-state index contributed by atoms with van der Waals surface area (Å²) in [5.41, 5.74) is 0.460. The van der Waals surface area contributed by atoms with E-state index < -0.39 is 0 Å². The van der Waals surface area contributed by atoms with Crippen LogP contribution in [0, 0.1) is 5.92 Å². The Labute approximate surface area is 186 Å². The van der Waals surface area contributed by atoms with Crippen LogP contribution < -0.4 is 4.74 Å². The lowest BCUT2D eigenvalue weighted by atomic mass is 9.98. The molecule has 0 aliphatic carbocycles. The zero-order chi connectivity index (χ0) is 22.2. The molecule has 1 unspecified atom stereocenters. The average Bonchev–Trinajstić information content (AvgIpc) is 3.31. The molecule has 1 aromatic heterocycles. The smallest absolute Gasteiger partial charge is 0.310 e. The first-order chi connectivity index (χ1) is 15.0. The molecule has 8 heteroatoms. The molecule has 1 fully saturated rings. The van der Waals surface area contributed by atoms with Crippen LogP contribution >= 0.6 is 11.3 Å². The number of likely N-dealkylation sites (tertiary alicyclic amines) is 1. The lowest BCUT2D eigenvalue weighted by Gasteiger charge is -2.32. The highest BCUT2D eigenvalue weighted by Crippen LogP contribution is 2.20. The van der Waals surface area contributed by atoms with Crippen molar-refractivity contribution in [1.29, 1.82) is 0 Å². The van der Waals surface area contributed by atoms with Crippen LogP contribution in [0.15, 0.2) is 41.8 Å². The Hall–Kier alpha value is -2.87. The summed E-state index contributed by atoms with van der Waals surface area (Å²) < 4.78 is 10.9. The number of carbonyl (C=O) groups is 3. The van der Waals surface area contributed by atoms with Crippen molar-refractivity contribution in [3.05, 3.63) is 52.2 Å². The molecule has 166 valence electrons. The van der Waals surface area contributed by atoms with Gasteiger partial charge in [0.1, 0.15) is 12.4 Å². The number of carbonyl (C=O) groups excluding carboxylic acids is 3. The first-order valence-electron chi connectivity index (χ1n) is 10.4. The Morgan fingerprint density at radius 1 is 1.23 bits per heavy atom. The van der Waals surface area contributed by atoms with Gasteiger partial charge in [0.15, 0.2) is 0 Å². The zero-order valence-electron chi connectivity index (χ0n) is 17.9. The summed E-state index contributed by atoms with van der Waals surface area (Å²) in [5.74, 6) is -0.379. The Kier molecular flexibility index (Phi) is 8.06. The van der Waals surface area contributed by atoms with Gasteiger partial charge in [-0.15, -0.1) is 11.3 Å². The lowest BCUT2D eigenvalue weighted by molar-refractivity contribution is -0.151. The molecular weight excluding hydrogens is 416 g/mol. The second-order valence-electron chi connectivity index (χ2n) is 7.49. The van der Waals surface area contributed by atoms with Crippen LogP contribution in [0.25, 0.3) is 0 Å². The predicted molar refractivity (Wildman–Crippen MR) is 118 cm³/mol. The molecule has 0 spiro atoms. The topological polar surface area (TPSA) is 76.2 Å². The summed E-state index contributed by atoms with van der Waals surface area (Å²) in [6, 6.07) is 10.9. The minimum absolute atomic E-state index is 0.0470. The van der Waals surface area contributed by atoms with Gasteiger partial charge in [-0.05, 0) is 49.4 Å². The number of nitrogens with zero attached hydrogens (tertiary/aromatic N) is 2. The molecule has 7 nitrogen and oxygen atoms in total. The Morgan fingerprint density at radius 2 is 2.06 bits per heavy atom. The van der Waals surface area contributed by atoms with Crippen molar-refractivity contribution in [3.8, 4) is 5.75 Å². The molecule has 1 atom stereocenters. The van der Waals surface area contributed by atoms with Gasteiger partial charge in [-0.2, -0.15) is 0 Å². The van der Waals surface area contributed by atoms with Gasteiger partial charge < -0.3 is 19.3 Å². The van der Waals surface area contributed by atoms with Crippen LogP contribution in [0.5, 0.6) is 5.75 Å². The number of likely N-dealkylation sites (N-methyl/N-ethyl adjacent to an activating group) is 1. The standard InChI is InChI=1S/C23H28N2O5S/c1-3-29-23(28)18-8-5-11-25(14-18)21(26)15-24(2)22(27)17-7-4-9-19(13-17)30-16-20-10-6-12-31-20/h4,6-7,9-10,12-13,18H,3,5,8,11,14-16H2,1-2H3.